The van der Waals surface area contributed by atoms with Crippen LogP contribution in [-0.2, 0) is 11.3 Å². The van der Waals surface area contributed by atoms with Gasteiger partial charge in [0.15, 0.2) is 17.3 Å². The lowest BCUT2D eigenvalue weighted by molar-refractivity contribution is -0.125. The third kappa shape index (κ3) is 3.15. The van der Waals surface area contributed by atoms with Crippen molar-refractivity contribution >= 4 is 11.6 Å². The molecule has 0 saturated heterocycles. The molecule has 8 nitrogen and oxygen atoms in total. The van der Waals surface area contributed by atoms with Crippen LogP contribution in [0.15, 0.2) is 35.0 Å². The van der Waals surface area contributed by atoms with E-state index in [0.29, 0.717) is 29.7 Å². The van der Waals surface area contributed by atoms with E-state index < -0.39 is 0 Å². The van der Waals surface area contributed by atoms with E-state index in [4.69, 9.17) is 4.52 Å². The van der Waals surface area contributed by atoms with Crippen LogP contribution < -0.4 is 5.32 Å². The average molecular weight is 338 g/mol. The van der Waals surface area contributed by atoms with Crippen LogP contribution in [0.2, 0.25) is 0 Å². The number of rotatable bonds is 4. The van der Waals surface area contributed by atoms with Crippen LogP contribution in [0.1, 0.15) is 30.9 Å². The van der Waals surface area contributed by atoms with Crippen molar-refractivity contribution in [2.45, 2.75) is 32.7 Å². The van der Waals surface area contributed by atoms with E-state index in [1.54, 1.807) is 6.92 Å². The van der Waals surface area contributed by atoms with E-state index in [1.807, 2.05) is 22.7 Å². The highest BCUT2D eigenvalue weighted by Gasteiger charge is 2.19. The molecular formula is C17H18N6O2. The van der Waals surface area contributed by atoms with Gasteiger partial charge in [-0.05, 0) is 38.3 Å². The first-order chi connectivity index (χ1) is 12.2. The molecule has 0 fully saturated rings. The summed E-state index contributed by atoms with van der Waals surface area (Å²) < 4.78 is 7.01. The Hall–Kier alpha value is -3.03. The number of carbonyl (C=O) groups excluding carboxylic acids is 1. The van der Waals surface area contributed by atoms with E-state index in [2.05, 4.69) is 37.8 Å². The zero-order chi connectivity index (χ0) is 17.2. The van der Waals surface area contributed by atoms with Crippen molar-refractivity contribution < 1.29 is 9.32 Å². The molecule has 1 aliphatic carbocycles. The first-order valence-corrected chi connectivity index (χ1v) is 8.28. The van der Waals surface area contributed by atoms with Gasteiger partial charge < -0.3 is 9.84 Å². The normalized spacial score (nSPS) is 17.1. The monoisotopic (exact) mass is 338 g/mol. The topological polar surface area (TPSA) is 98.2 Å². The largest absolute Gasteiger partial charge is 0.349 e. The van der Waals surface area contributed by atoms with Crippen molar-refractivity contribution in [1.82, 2.24) is 30.1 Å². The molecule has 8 heteroatoms. The van der Waals surface area contributed by atoms with Crippen LogP contribution in [-0.4, -0.2) is 30.6 Å². The molecule has 1 N–H and O–H groups in total. The lowest BCUT2D eigenvalue weighted by atomic mass is 9.94. The van der Waals surface area contributed by atoms with E-state index in [9.17, 15) is 4.79 Å². The number of nitrogens with one attached hydrogen (secondary N) is 1. The maximum atomic E-state index is 12.2. The number of pyridine rings is 1. The number of nitrogens with zero attached hydrogens (tertiary/aromatic N) is 5. The van der Waals surface area contributed by atoms with Crippen molar-refractivity contribution in [1.29, 1.82) is 0 Å². The fraction of sp³-hybridized carbons (Fsp3) is 0.353. The molecule has 1 amide bonds. The van der Waals surface area contributed by atoms with Gasteiger partial charge in [0.2, 0.25) is 5.91 Å². The van der Waals surface area contributed by atoms with E-state index in [-0.39, 0.29) is 11.8 Å². The molecule has 4 rings (SSSR count). The summed E-state index contributed by atoms with van der Waals surface area (Å²) in [5, 5.41) is 15.1. The summed E-state index contributed by atoms with van der Waals surface area (Å²) in [6.07, 6.45) is 8.70. The molecule has 0 saturated carbocycles. The molecule has 128 valence electrons. The molecule has 0 aromatic carbocycles. The second-order valence-electron chi connectivity index (χ2n) is 6.11. The highest BCUT2D eigenvalue weighted by molar-refractivity contribution is 5.78. The van der Waals surface area contributed by atoms with E-state index in [1.165, 1.54) is 0 Å². The molecule has 0 bridgehead atoms. The van der Waals surface area contributed by atoms with Crippen molar-refractivity contribution in [2.24, 2.45) is 5.92 Å². The second kappa shape index (κ2) is 6.46. The Balaban J connectivity index is 1.49. The first-order valence-electron chi connectivity index (χ1n) is 8.28. The molecule has 0 spiro atoms. The number of fused-ring (bicyclic) bond motifs is 1. The number of allylic oxidation sites excluding steroid dienone is 2. The number of amides is 1. The summed E-state index contributed by atoms with van der Waals surface area (Å²) in [4.78, 5) is 16.4. The molecule has 3 aromatic rings. The third-order valence-electron chi connectivity index (χ3n) is 4.32. The molecular weight excluding hydrogens is 320 g/mol. The molecule has 25 heavy (non-hydrogen) atoms. The van der Waals surface area contributed by atoms with Crippen molar-refractivity contribution in [2.75, 3.05) is 0 Å². The lowest BCUT2D eigenvalue weighted by Crippen LogP contribution is -2.31. The van der Waals surface area contributed by atoms with Crippen LogP contribution in [0.4, 0.5) is 0 Å². The Morgan fingerprint density at radius 1 is 1.40 bits per heavy atom. The van der Waals surface area contributed by atoms with Gasteiger partial charge in [-0.3, -0.25) is 9.20 Å². The maximum absolute atomic E-state index is 12.2. The number of carbonyl (C=O) groups is 1. The van der Waals surface area contributed by atoms with Gasteiger partial charge in [-0.25, -0.2) is 0 Å². The molecule has 3 aromatic heterocycles. The van der Waals surface area contributed by atoms with Crippen LogP contribution in [0.3, 0.4) is 0 Å². The van der Waals surface area contributed by atoms with E-state index in [0.717, 1.165) is 24.8 Å². The van der Waals surface area contributed by atoms with Gasteiger partial charge in [0.05, 0.1) is 6.54 Å². The average Bonchev–Trinajstić information content (AvgIpc) is 3.26. The Morgan fingerprint density at radius 3 is 3.08 bits per heavy atom. The predicted molar refractivity (Wildman–Crippen MR) is 89.3 cm³/mol. The van der Waals surface area contributed by atoms with Gasteiger partial charge in [0.1, 0.15) is 0 Å². The fourth-order valence-electron chi connectivity index (χ4n) is 2.95. The highest BCUT2D eigenvalue weighted by Crippen LogP contribution is 2.20. The Morgan fingerprint density at radius 2 is 2.32 bits per heavy atom. The molecule has 0 radical (unpaired) electrons. The molecule has 1 atom stereocenters. The minimum absolute atomic E-state index is 0.0524. The standard InChI is InChI=1S/C17H18N6O2/c1-11-19-17(25-22-11)13-7-8-23-14(9-13)20-21-15(23)10-18-16(24)12-5-3-2-4-6-12/h2-3,7-9,12H,4-6,10H2,1H3,(H,18,24)/t12-/m1/s1. The summed E-state index contributed by atoms with van der Waals surface area (Å²) in [6, 6.07) is 3.69. The minimum Gasteiger partial charge on any atom is -0.349 e. The van der Waals surface area contributed by atoms with Crippen molar-refractivity contribution in [3.63, 3.8) is 0 Å². The van der Waals surface area contributed by atoms with Crippen LogP contribution >= 0.6 is 0 Å². The van der Waals surface area contributed by atoms with Gasteiger partial charge in [-0.1, -0.05) is 17.3 Å². The van der Waals surface area contributed by atoms with Gasteiger partial charge in [-0.15, -0.1) is 10.2 Å². The zero-order valence-electron chi connectivity index (χ0n) is 13.8. The molecule has 3 heterocycles. The summed E-state index contributed by atoms with van der Waals surface area (Å²) in [5.41, 5.74) is 1.45. The van der Waals surface area contributed by atoms with E-state index >= 15 is 0 Å². The molecule has 0 aliphatic heterocycles. The minimum atomic E-state index is 0.0524. The predicted octanol–water partition coefficient (Wildman–Crippen LogP) is 2.06. The fourth-order valence-corrected chi connectivity index (χ4v) is 2.95. The van der Waals surface area contributed by atoms with Crippen molar-refractivity contribution in [3.8, 4) is 11.5 Å². The Bertz CT molecular complexity index is 942. The third-order valence-corrected chi connectivity index (χ3v) is 4.32. The number of aromatic nitrogens is 5. The summed E-state index contributed by atoms with van der Waals surface area (Å²) in [7, 11) is 0. The van der Waals surface area contributed by atoms with Crippen LogP contribution in [0.5, 0.6) is 0 Å². The molecule has 1 aliphatic rings. The van der Waals surface area contributed by atoms with Crippen LogP contribution in [0.25, 0.3) is 17.1 Å². The van der Waals surface area contributed by atoms with Crippen LogP contribution in [0, 0.1) is 12.8 Å². The highest BCUT2D eigenvalue weighted by atomic mass is 16.5. The van der Waals surface area contributed by atoms with Crippen molar-refractivity contribution in [3.05, 3.63) is 42.1 Å². The SMILES string of the molecule is Cc1noc(-c2ccn3c(CNC(=O)[C@@H]4CC=CCC4)nnc3c2)n1. The smallest absolute Gasteiger partial charge is 0.258 e. The zero-order valence-corrected chi connectivity index (χ0v) is 13.8. The Labute approximate surface area is 143 Å². The maximum Gasteiger partial charge on any atom is 0.258 e. The van der Waals surface area contributed by atoms with Gasteiger partial charge in [-0.2, -0.15) is 4.98 Å². The quantitative estimate of drug-likeness (QED) is 0.731. The summed E-state index contributed by atoms with van der Waals surface area (Å²) in [5.74, 6) is 1.83. The number of aryl methyl sites for hydroxylation is 1. The molecule has 0 unspecified atom stereocenters. The Kier molecular flexibility index (Phi) is 4.01. The second-order valence-corrected chi connectivity index (χ2v) is 6.11. The first kappa shape index (κ1) is 15.5. The van der Waals surface area contributed by atoms with Gasteiger partial charge in [0.25, 0.3) is 5.89 Å². The number of hydrogen-bond donors (Lipinski definition) is 1. The van der Waals surface area contributed by atoms with Gasteiger partial charge >= 0.3 is 0 Å². The number of hydrogen-bond acceptors (Lipinski definition) is 6. The summed E-state index contributed by atoms with van der Waals surface area (Å²) in [6.45, 7) is 2.12. The summed E-state index contributed by atoms with van der Waals surface area (Å²) >= 11 is 0. The lowest BCUT2D eigenvalue weighted by Gasteiger charge is -2.16. The van der Waals surface area contributed by atoms with Gasteiger partial charge in [0, 0.05) is 17.7 Å².